The largest absolute Gasteiger partial charge is 0.507 e. The van der Waals surface area contributed by atoms with Crippen molar-refractivity contribution in [1.82, 2.24) is 15.1 Å². The standard InChI is InChI=1S/C28H27N3O4/c1-34-16-8-15-31-27(20-11-7-12-21(17-20)35-18-19-9-3-2-4-10-19)24-25(29-30-26(24)28(31)33)22-13-5-6-14-23(22)32/h2-7,9-14,17,27,32H,8,15-16,18H2,1H3,(H,29,30). The molecule has 7 heteroatoms. The Kier molecular flexibility index (Phi) is 6.50. The molecule has 0 spiro atoms. The quantitative estimate of drug-likeness (QED) is 0.339. The molecule has 1 unspecified atom stereocenters. The highest BCUT2D eigenvalue weighted by Gasteiger charge is 2.42. The van der Waals surface area contributed by atoms with Gasteiger partial charge in [0, 0.05) is 31.4 Å². The summed E-state index contributed by atoms with van der Waals surface area (Å²) < 4.78 is 11.3. The first-order valence-corrected chi connectivity index (χ1v) is 11.6. The molecule has 178 valence electrons. The van der Waals surface area contributed by atoms with Crippen LogP contribution in [0.5, 0.6) is 11.5 Å². The Morgan fingerprint density at radius 3 is 2.63 bits per heavy atom. The summed E-state index contributed by atoms with van der Waals surface area (Å²) in [6.07, 6.45) is 0.701. The monoisotopic (exact) mass is 469 g/mol. The van der Waals surface area contributed by atoms with Gasteiger partial charge in [0.15, 0.2) is 0 Å². The van der Waals surface area contributed by atoms with Crippen molar-refractivity contribution in [3.05, 3.63) is 101 Å². The van der Waals surface area contributed by atoms with Crippen molar-refractivity contribution in [3.63, 3.8) is 0 Å². The van der Waals surface area contributed by atoms with Crippen molar-refractivity contribution < 1.29 is 19.4 Å². The molecule has 7 nitrogen and oxygen atoms in total. The van der Waals surface area contributed by atoms with E-state index < -0.39 is 0 Å². The van der Waals surface area contributed by atoms with Gasteiger partial charge in [-0.2, -0.15) is 5.10 Å². The average molecular weight is 470 g/mol. The lowest BCUT2D eigenvalue weighted by Gasteiger charge is -2.26. The number of aromatic amines is 1. The van der Waals surface area contributed by atoms with Gasteiger partial charge in [-0.1, -0.05) is 54.6 Å². The topological polar surface area (TPSA) is 87.7 Å². The molecule has 0 saturated heterocycles. The van der Waals surface area contributed by atoms with Crippen molar-refractivity contribution in [2.75, 3.05) is 20.3 Å². The average Bonchev–Trinajstić information content (AvgIpc) is 3.43. The van der Waals surface area contributed by atoms with E-state index in [0.717, 1.165) is 22.4 Å². The van der Waals surface area contributed by atoms with Crippen molar-refractivity contribution in [2.45, 2.75) is 19.1 Å². The second kappa shape index (κ2) is 10.0. The number of amides is 1. The van der Waals surface area contributed by atoms with E-state index in [9.17, 15) is 9.90 Å². The summed E-state index contributed by atoms with van der Waals surface area (Å²) in [4.78, 5) is 15.3. The lowest BCUT2D eigenvalue weighted by atomic mass is 9.95. The Morgan fingerprint density at radius 1 is 1.03 bits per heavy atom. The number of hydrogen-bond acceptors (Lipinski definition) is 5. The fourth-order valence-electron chi connectivity index (χ4n) is 4.55. The van der Waals surface area contributed by atoms with Gasteiger partial charge in [-0.15, -0.1) is 0 Å². The molecule has 2 heterocycles. The summed E-state index contributed by atoms with van der Waals surface area (Å²) in [6.45, 7) is 1.52. The maximum Gasteiger partial charge on any atom is 0.273 e. The maximum absolute atomic E-state index is 13.4. The number of hydrogen-bond donors (Lipinski definition) is 2. The number of methoxy groups -OCH3 is 1. The highest BCUT2D eigenvalue weighted by atomic mass is 16.5. The Labute approximate surface area is 203 Å². The molecule has 4 aromatic rings. The number of nitrogens with zero attached hydrogens (tertiary/aromatic N) is 2. The number of benzene rings is 3. The molecule has 1 atom stereocenters. The Bertz CT molecular complexity index is 1320. The number of carbonyl (C=O) groups is 1. The normalized spacial score (nSPS) is 14.8. The number of nitrogens with one attached hydrogen (secondary N) is 1. The third kappa shape index (κ3) is 4.50. The lowest BCUT2D eigenvalue weighted by Crippen LogP contribution is -2.31. The summed E-state index contributed by atoms with van der Waals surface area (Å²) in [5.41, 5.74) is 4.35. The predicted molar refractivity (Wildman–Crippen MR) is 132 cm³/mol. The fourth-order valence-corrected chi connectivity index (χ4v) is 4.55. The first-order valence-electron chi connectivity index (χ1n) is 11.6. The number of para-hydroxylation sites is 1. The zero-order valence-electron chi connectivity index (χ0n) is 19.5. The van der Waals surface area contributed by atoms with E-state index in [1.807, 2.05) is 65.6 Å². The van der Waals surface area contributed by atoms with Crippen LogP contribution in [0.4, 0.5) is 0 Å². The molecule has 0 radical (unpaired) electrons. The van der Waals surface area contributed by atoms with Crippen LogP contribution in [0.15, 0.2) is 78.9 Å². The van der Waals surface area contributed by atoms with E-state index in [4.69, 9.17) is 9.47 Å². The number of carbonyl (C=O) groups excluding carboxylic acids is 1. The molecular weight excluding hydrogens is 442 g/mol. The van der Waals surface area contributed by atoms with Crippen LogP contribution in [0.2, 0.25) is 0 Å². The van der Waals surface area contributed by atoms with E-state index in [2.05, 4.69) is 10.2 Å². The van der Waals surface area contributed by atoms with E-state index in [0.29, 0.717) is 43.1 Å². The second-order valence-corrected chi connectivity index (χ2v) is 8.47. The lowest BCUT2D eigenvalue weighted by molar-refractivity contribution is 0.0723. The molecular formula is C28H27N3O4. The highest BCUT2D eigenvalue weighted by Crippen LogP contribution is 2.44. The van der Waals surface area contributed by atoms with Gasteiger partial charge in [-0.05, 0) is 41.8 Å². The summed E-state index contributed by atoms with van der Waals surface area (Å²) in [7, 11) is 1.65. The van der Waals surface area contributed by atoms with Gasteiger partial charge in [-0.25, -0.2) is 0 Å². The Morgan fingerprint density at radius 2 is 1.83 bits per heavy atom. The van der Waals surface area contributed by atoms with Crippen LogP contribution in [0, 0.1) is 0 Å². The first-order chi connectivity index (χ1) is 17.2. The molecule has 35 heavy (non-hydrogen) atoms. The number of ether oxygens (including phenoxy) is 2. The van der Waals surface area contributed by atoms with Crippen molar-refractivity contribution >= 4 is 5.91 Å². The smallest absolute Gasteiger partial charge is 0.273 e. The van der Waals surface area contributed by atoms with Crippen LogP contribution in [-0.4, -0.2) is 46.4 Å². The molecule has 2 N–H and O–H groups in total. The third-order valence-electron chi connectivity index (χ3n) is 6.19. The number of phenolic OH excluding ortho intramolecular Hbond substituents is 1. The molecule has 3 aromatic carbocycles. The summed E-state index contributed by atoms with van der Waals surface area (Å²) >= 11 is 0. The van der Waals surface area contributed by atoms with Crippen LogP contribution >= 0.6 is 0 Å². The van der Waals surface area contributed by atoms with E-state index in [1.165, 1.54) is 0 Å². The number of aromatic hydroxyl groups is 1. The van der Waals surface area contributed by atoms with E-state index in [1.54, 1.807) is 25.3 Å². The third-order valence-corrected chi connectivity index (χ3v) is 6.19. The zero-order chi connectivity index (χ0) is 24.2. The Balaban J connectivity index is 1.53. The van der Waals surface area contributed by atoms with Gasteiger partial charge in [0.2, 0.25) is 0 Å². The SMILES string of the molecule is COCCCN1C(=O)c2[nH]nc(-c3ccccc3O)c2C1c1cccc(OCc2ccccc2)c1. The van der Waals surface area contributed by atoms with Crippen LogP contribution in [0.3, 0.4) is 0 Å². The van der Waals surface area contributed by atoms with Gasteiger partial charge in [0.1, 0.15) is 29.5 Å². The van der Waals surface area contributed by atoms with Crippen LogP contribution in [-0.2, 0) is 11.3 Å². The zero-order valence-corrected chi connectivity index (χ0v) is 19.5. The highest BCUT2D eigenvalue weighted by molar-refractivity contribution is 6.00. The Hall–Kier alpha value is -4.10. The van der Waals surface area contributed by atoms with Crippen LogP contribution in [0.1, 0.15) is 39.6 Å². The second-order valence-electron chi connectivity index (χ2n) is 8.47. The number of fused-ring (bicyclic) bond motifs is 1. The summed E-state index contributed by atoms with van der Waals surface area (Å²) in [5.74, 6) is 0.716. The minimum atomic E-state index is -0.372. The van der Waals surface area contributed by atoms with Crippen molar-refractivity contribution in [2.24, 2.45) is 0 Å². The predicted octanol–water partition coefficient (Wildman–Crippen LogP) is 4.94. The number of H-pyrrole nitrogens is 1. The minimum absolute atomic E-state index is 0.116. The van der Waals surface area contributed by atoms with Gasteiger partial charge < -0.3 is 19.5 Å². The van der Waals surface area contributed by atoms with Crippen molar-refractivity contribution in [3.8, 4) is 22.8 Å². The van der Waals surface area contributed by atoms with E-state index in [-0.39, 0.29) is 17.7 Å². The molecule has 5 rings (SSSR count). The van der Waals surface area contributed by atoms with Gasteiger partial charge >= 0.3 is 0 Å². The molecule has 0 fully saturated rings. The summed E-state index contributed by atoms with van der Waals surface area (Å²) in [5, 5.41) is 17.9. The van der Waals surface area contributed by atoms with Gasteiger partial charge in [0.25, 0.3) is 5.91 Å². The fraction of sp³-hybridized carbons (Fsp3) is 0.214. The molecule has 0 saturated carbocycles. The first kappa shape index (κ1) is 22.7. The molecule has 0 aliphatic carbocycles. The van der Waals surface area contributed by atoms with E-state index >= 15 is 0 Å². The van der Waals surface area contributed by atoms with Gasteiger partial charge in [-0.3, -0.25) is 9.89 Å². The number of aromatic nitrogens is 2. The summed E-state index contributed by atoms with van der Waals surface area (Å²) in [6, 6.07) is 24.5. The van der Waals surface area contributed by atoms with Gasteiger partial charge in [0.05, 0.1) is 6.04 Å². The molecule has 1 aliphatic heterocycles. The molecule has 1 aromatic heterocycles. The minimum Gasteiger partial charge on any atom is -0.507 e. The van der Waals surface area contributed by atoms with Crippen LogP contribution in [0.25, 0.3) is 11.3 Å². The van der Waals surface area contributed by atoms with Crippen molar-refractivity contribution in [1.29, 1.82) is 0 Å². The molecule has 1 amide bonds. The molecule has 1 aliphatic rings. The number of rotatable bonds is 9. The number of phenols is 1. The molecule has 0 bridgehead atoms. The van der Waals surface area contributed by atoms with Crippen LogP contribution < -0.4 is 4.74 Å². The maximum atomic E-state index is 13.4.